The first-order chi connectivity index (χ1) is 12.6. The van der Waals surface area contributed by atoms with E-state index >= 15 is 0 Å². The fourth-order valence-electron chi connectivity index (χ4n) is 4.41. The molecule has 0 N–H and O–H groups in total. The number of unbranched alkanes of at least 4 members (excludes halogenated alkanes) is 3. The molecule has 148 valence electrons. The van der Waals surface area contributed by atoms with Crippen LogP contribution in [0.4, 0.5) is 0 Å². The lowest BCUT2D eigenvalue weighted by Gasteiger charge is -2.42. The first-order valence-corrected chi connectivity index (χ1v) is 11.9. The molecule has 0 aliphatic carbocycles. The molecule has 0 radical (unpaired) electrons. The van der Waals surface area contributed by atoms with Crippen molar-refractivity contribution in [1.82, 2.24) is 0 Å². The molecule has 0 bridgehead atoms. The third-order valence-corrected chi connectivity index (χ3v) is 7.78. The molecule has 0 aromatic rings. The number of nitrogens with zero attached hydrogens (tertiary/aromatic N) is 1. The Morgan fingerprint density at radius 2 is 2.08 bits per heavy atom. The molecule has 1 rings (SSSR count). The summed E-state index contributed by atoms with van der Waals surface area (Å²) in [4.78, 5) is 0. The van der Waals surface area contributed by atoms with E-state index in [4.69, 9.17) is 0 Å². The zero-order chi connectivity index (χ0) is 19.4. The second kappa shape index (κ2) is 12.7. The van der Waals surface area contributed by atoms with E-state index in [1.54, 1.807) is 0 Å². The zero-order valence-corrected chi connectivity index (χ0v) is 18.7. The van der Waals surface area contributed by atoms with E-state index in [9.17, 15) is 5.26 Å². The van der Waals surface area contributed by atoms with E-state index in [1.165, 1.54) is 69.1 Å². The number of thioether (sulfide) groups is 1. The Labute approximate surface area is 167 Å². The molecular weight excluding hydrogens is 334 g/mol. The standard InChI is InChI=1S/C24H41NS/c1-6-9-11-12-15-22(18-20(4)8-3)24(19-25,21(5)14-10-7-2)23-16-13-17-26-23/h7,10,14,20,22-23H,6,8-9,11-13,15-18H2,1-5H3/b10-7-,21-14+/t20?,22?,23?,24-/m0/s1. The molecule has 4 atom stereocenters. The van der Waals surface area contributed by atoms with Gasteiger partial charge in [0, 0.05) is 5.25 Å². The van der Waals surface area contributed by atoms with Crippen molar-refractivity contribution in [2.45, 2.75) is 97.7 Å². The van der Waals surface area contributed by atoms with Crippen molar-refractivity contribution in [3.63, 3.8) is 0 Å². The highest BCUT2D eigenvalue weighted by molar-refractivity contribution is 8.00. The molecule has 0 amide bonds. The summed E-state index contributed by atoms with van der Waals surface area (Å²) in [5.74, 6) is 2.40. The Kier molecular flexibility index (Phi) is 11.4. The first kappa shape index (κ1) is 23.4. The molecule has 1 aliphatic heterocycles. The third-order valence-electron chi connectivity index (χ3n) is 6.25. The topological polar surface area (TPSA) is 23.8 Å². The molecule has 1 aliphatic rings. The van der Waals surface area contributed by atoms with Crippen LogP contribution in [0.25, 0.3) is 0 Å². The Balaban J connectivity index is 3.21. The van der Waals surface area contributed by atoms with E-state index < -0.39 is 0 Å². The monoisotopic (exact) mass is 375 g/mol. The highest BCUT2D eigenvalue weighted by Crippen LogP contribution is 2.52. The summed E-state index contributed by atoms with van der Waals surface area (Å²) in [7, 11) is 0. The van der Waals surface area contributed by atoms with Gasteiger partial charge in [-0.1, -0.05) is 76.7 Å². The van der Waals surface area contributed by atoms with E-state index in [2.05, 4.69) is 70.7 Å². The van der Waals surface area contributed by atoms with Gasteiger partial charge in [0.1, 0.15) is 0 Å². The molecule has 0 aromatic heterocycles. The minimum atomic E-state index is -0.295. The van der Waals surface area contributed by atoms with Crippen LogP contribution in [0.2, 0.25) is 0 Å². The predicted octanol–water partition coefficient (Wildman–Crippen LogP) is 7.94. The second-order valence-corrected chi connectivity index (χ2v) is 9.46. The van der Waals surface area contributed by atoms with Crippen molar-refractivity contribution in [2.75, 3.05) is 5.75 Å². The SMILES string of the molecule is C/C=C\C=C(/C)[C@@](C#N)(C(CCCCCC)CC(C)CC)C1CCCS1. The van der Waals surface area contributed by atoms with E-state index in [-0.39, 0.29) is 5.41 Å². The van der Waals surface area contributed by atoms with Crippen LogP contribution in [-0.4, -0.2) is 11.0 Å². The highest BCUT2D eigenvalue weighted by Gasteiger charge is 2.48. The summed E-state index contributed by atoms with van der Waals surface area (Å²) < 4.78 is 0. The number of hydrogen-bond acceptors (Lipinski definition) is 2. The quantitative estimate of drug-likeness (QED) is 0.255. The minimum absolute atomic E-state index is 0.295. The number of rotatable bonds is 12. The molecule has 1 nitrogen and oxygen atoms in total. The Morgan fingerprint density at radius 1 is 1.31 bits per heavy atom. The maximum atomic E-state index is 10.5. The molecule has 1 fully saturated rings. The molecule has 0 saturated carbocycles. The largest absolute Gasteiger partial charge is 0.197 e. The summed E-state index contributed by atoms with van der Waals surface area (Å²) in [6.45, 7) is 11.2. The molecule has 26 heavy (non-hydrogen) atoms. The van der Waals surface area contributed by atoms with Crippen molar-refractivity contribution in [3.8, 4) is 6.07 Å². The first-order valence-electron chi connectivity index (χ1n) is 10.9. The lowest BCUT2D eigenvalue weighted by molar-refractivity contribution is 0.208. The van der Waals surface area contributed by atoms with Crippen LogP contribution in [0, 0.1) is 28.6 Å². The molecule has 1 heterocycles. The van der Waals surface area contributed by atoms with Gasteiger partial charge in [0.15, 0.2) is 0 Å². The summed E-state index contributed by atoms with van der Waals surface area (Å²) in [6, 6.07) is 2.91. The van der Waals surface area contributed by atoms with Gasteiger partial charge in [-0.15, -0.1) is 0 Å². The van der Waals surface area contributed by atoms with Crippen molar-refractivity contribution in [2.24, 2.45) is 17.3 Å². The molecule has 0 aromatic carbocycles. The van der Waals surface area contributed by atoms with Crippen LogP contribution >= 0.6 is 11.8 Å². The van der Waals surface area contributed by atoms with Crippen molar-refractivity contribution in [1.29, 1.82) is 5.26 Å². The van der Waals surface area contributed by atoms with Crippen LogP contribution in [-0.2, 0) is 0 Å². The third kappa shape index (κ3) is 6.19. The minimum Gasteiger partial charge on any atom is -0.197 e. The lowest BCUT2D eigenvalue weighted by Crippen LogP contribution is -2.40. The van der Waals surface area contributed by atoms with Gasteiger partial charge >= 0.3 is 0 Å². The van der Waals surface area contributed by atoms with Gasteiger partial charge < -0.3 is 0 Å². The van der Waals surface area contributed by atoms with Crippen molar-refractivity contribution >= 4 is 11.8 Å². The van der Waals surface area contributed by atoms with Gasteiger partial charge in [-0.3, -0.25) is 0 Å². The number of nitriles is 1. The van der Waals surface area contributed by atoms with Crippen LogP contribution in [0.1, 0.15) is 92.4 Å². The van der Waals surface area contributed by atoms with E-state index in [0.717, 1.165) is 0 Å². The average molecular weight is 376 g/mol. The fourth-order valence-corrected chi connectivity index (χ4v) is 6.05. The molecule has 0 spiro atoms. The Morgan fingerprint density at radius 3 is 2.62 bits per heavy atom. The molecule has 3 unspecified atom stereocenters. The van der Waals surface area contributed by atoms with Crippen LogP contribution in [0.5, 0.6) is 0 Å². The Hall–Kier alpha value is -0.680. The van der Waals surface area contributed by atoms with Gasteiger partial charge in [-0.2, -0.15) is 17.0 Å². The van der Waals surface area contributed by atoms with E-state index in [0.29, 0.717) is 17.1 Å². The maximum absolute atomic E-state index is 10.5. The van der Waals surface area contributed by atoms with Crippen LogP contribution in [0.15, 0.2) is 23.8 Å². The van der Waals surface area contributed by atoms with Gasteiger partial charge in [0.2, 0.25) is 0 Å². The fraction of sp³-hybridized carbons (Fsp3) is 0.792. The van der Waals surface area contributed by atoms with Crippen molar-refractivity contribution in [3.05, 3.63) is 23.8 Å². The Bertz CT molecular complexity index is 481. The molecule has 1 saturated heterocycles. The number of hydrogen-bond donors (Lipinski definition) is 0. The normalized spacial score (nSPS) is 22.9. The maximum Gasteiger partial charge on any atom is 0.0929 e. The lowest BCUT2D eigenvalue weighted by atomic mass is 9.63. The zero-order valence-electron chi connectivity index (χ0n) is 17.9. The smallest absolute Gasteiger partial charge is 0.0929 e. The average Bonchev–Trinajstić information content (AvgIpc) is 3.19. The van der Waals surface area contributed by atoms with Gasteiger partial charge in [-0.05, 0) is 57.1 Å². The highest BCUT2D eigenvalue weighted by atomic mass is 32.2. The predicted molar refractivity (Wildman–Crippen MR) is 118 cm³/mol. The summed E-state index contributed by atoms with van der Waals surface area (Å²) in [5, 5.41) is 11.0. The summed E-state index contributed by atoms with van der Waals surface area (Å²) >= 11 is 2.05. The van der Waals surface area contributed by atoms with Gasteiger partial charge in [0.25, 0.3) is 0 Å². The van der Waals surface area contributed by atoms with Crippen LogP contribution < -0.4 is 0 Å². The molecule has 2 heteroatoms. The van der Waals surface area contributed by atoms with Crippen LogP contribution in [0.3, 0.4) is 0 Å². The number of allylic oxidation sites excluding steroid dienone is 4. The molecular formula is C24H41NS. The van der Waals surface area contributed by atoms with Gasteiger partial charge in [0.05, 0.1) is 11.5 Å². The van der Waals surface area contributed by atoms with E-state index in [1.807, 2.05) is 0 Å². The summed E-state index contributed by atoms with van der Waals surface area (Å²) in [5.41, 5.74) is 0.998. The second-order valence-electron chi connectivity index (χ2n) is 8.15. The van der Waals surface area contributed by atoms with Gasteiger partial charge in [-0.25, -0.2) is 0 Å². The summed E-state index contributed by atoms with van der Waals surface area (Å²) in [6.07, 6.45) is 17.7. The van der Waals surface area contributed by atoms with Crippen molar-refractivity contribution < 1.29 is 0 Å².